The summed E-state index contributed by atoms with van der Waals surface area (Å²) >= 11 is 0. The average molecular weight is 201 g/mol. The van der Waals surface area contributed by atoms with Crippen LogP contribution in [0.5, 0.6) is 0 Å². The van der Waals surface area contributed by atoms with Crippen molar-refractivity contribution in [3.63, 3.8) is 0 Å². The quantitative estimate of drug-likeness (QED) is 0.775. The lowest BCUT2D eigenvalue weighted by molar-refractivity contribution is 0.269. The van der Waals surface area contributed by atoms with Crippen LogP contribution < -0.4 is 5.32 Å². The van der Waals surface area contributed by atoms with Gasteiger partial charge in [0.15, 0.2) is 0 Å². The van der Waals surface area contributed by atoms with Crippen molar-refractivity contribution in [1.82, 2.24) is 5.32 Å². The van der Waals surface area contributed by atoms with E-state index in [1.807, 2.05) is 0 Å². The van der Waals surface area contributed by atoms with E-state index in [1.165, 1.54) is 37.8 Å². The van der Waals surface area contributed by atoms with E-state index in [0.717, 1.165) is 18.4 Å². The van der Waals surface area contributed by atoms with Crippen LogP contribution in [0.2, 0.25) is 0 Å². The molecule has 1 atom stereocenters. The third-order valence-corrected chi connectivity index (χ3v) is 4.04. The molecule has 0 radical (unpaired) electrons. The monoisotopic (exact) mass is 201 g/mol. The lowest BCUT2D eigenvalue weighted by Gasteiger charge is -2.33. The summed E-state index contributed by atoms with van der Waals surface area (Å²) in [7, 11) is 0. The van der Waals surface area contributed by atoms with Crippen molar-refractivity contribution in [2.75, 3.05) is 6.54 Å². The molecule has 1 aliphatic heterocycles. The fourth-order valence-corrected chi connectivity index (χ4v) is 2.93. The van der Waals surface area contributed by atoms with Gasteiger partial charge in [-0.1, -0.05) is 43.5 Å². The Bertz CT molecular complexity index is 341. The maximum Gasteiger partial charge on any atom is 0.0208 e. The molecule has 2 aliphatic rings. The highest BCUT2D eigenvalue weighted by atomic mass is 14.9. The Hall–Kier alpha value is -0.820. The average Bonchev–Trinajstić information content (AvgIpc) is 2.23. The predicted molar refractivity (Wildman–Crippen MR) is 62.8 cm³/mol. The van der Waals surface area contributed by atoms with E-state index in [2.05, 4.69) is 29.6 Å². The topological polar surface area (TPSA) is 12.0 Å². The Morgan fingerprint density at radius 1 is 1.20 bits per heavy atom. The minimum absolute atomic E-state index is 0.778. The molecular formula is C14H19N. The summed E-state index contributed by atoms with van der Waals surface area (Å²) < 4.78 is 0. The zero-order valence-corrected chi connectivity index (χ0v) is 9.21. The number of nitrogens with one attached hydrogen (secondary N) is 1. The summed E-state index contributed by atoms with van der Waals surface area (Å²) in [4.78, 5) is 0. The summed E-state index contributed by atoms with van der Waals surface area (Å²) in [6.45, 7) is 2.25. The first-order chi connectivity index (χ1) is 7.43. The lowest BCUT2D eigenvalue weighted by atomic mass is 9.75. The molecule has 1 heteroatoms. The molecule has 0 amide bonds. The third kappa shape index (κ3) is 1.81. The van der Waals surface area contributed by atoms with Crippen molar-refractivity contribution in [2.24, 2.45) is 5.92 Å². The van der Waals surface area contributed by atoms with Crippen LogP contribution in [-0.2, 0) is 6.54 Å². The van der Waals surface area contributed by atoms with Gasteiger partial charge >= 0.3 is 0 Å². The van der Waals surface area contributed by atoms with Crippen LogP contribution >= 0.6 is 0 Å². The maximum absolute atomic E-state index is 3.54. The van der Waals surface area contributed by atoms with Gasteiger partial charge < -0.3 is 5.32 Å². The summed E-state index contributed by atoms with van der Waals surface area (Å²) in [6.07, 6.45) is 5.81. The summed E-state index contributed by atoms with van der Waals surface area (Å²) in [5.74, 6) is 1.79. The van der Waals surface area contributed by atoms with E-state index < -0.39 is 0 Å². The zero-order valence-electron chi connectivity index (χ0n) is 9.21. The Morgan fingerprint density at radius 2 is 2.07 bits per heavy atom. The van der Waals surface area contributed by atoms with Gasteiger partial charge in [-0.25, -0.2) is 0 Å². The van der Waals surface area contributed by atoms with Crippen LogP contribution in [0.3, 0.4) is 0 Å². The largest absolute Gasteiger partial charge is 0.312 e. The second-order valence-corrected chi connectivity index (χ2v) is 5.06. The van der Waals surface area contributed by atoms with Gasteiger partial charge in [-0.05, 0) is 29.4 Å². The molecule has 1 nitrogen and oxygen atoms in total. The number of rotatable bonds is 2. The van der Waals surface area contributed by atoms with Gasteiger partial charge in [0.05, 0.1) is 0 Å². The molecule has 0 aromatic heterocycles. The molecular weight excluding hydrogens is 182 g/mol. The predicted octanol–water partition coefficient (Wildman–Crippen LogP) is 3.06. The first-order valence-corrected chi connectivity index (χ1v) is 6.22. The van der Waals surface area contributed by atoms with Crippen LogP contribution in [0, 0.1) is 5.92 Å². The van der Waals surface area contributed by atoms with E-state index in [4.69, 9.17) is 0 Å². The van der Waals surface area contributed by atoms with Gasteiger partial charge in [0.2, 0.25) is 0 Å². The Balaban J connectivity index is 1.79. The first-order valence-electron chi connectivity index (χ1n) is 6.22. The second-order valence-electron chi connectivity index (χ2n) is 5.06. The summed E-state index contributed by atoms with van der Waals surface area (Å²) in [6, 6.07) is 8.96. The summed E-state index contributed by atoms with van der Waals surface area (Å²) in [5.41, 5.74) is 3.14. The number of benzene rings is 1. The number of hydrogen-bond acceptors (Lipinski definition) is 1. The highest BCUT2D eigenvalue weighted by molar-refractivity contribution is 5.32. The Labute approximate surface area is 91.9 Å². The van der Waals surface area contributed by atoms with E-state index in [9.17, 15) is 0 Å². The molecule has 1 unspecified atom stereocenters. The highest BCUT2D eigenvalue weighted by Crippen LogP contribution is 2.37. The fraction of sp³-hybridized carbons (Fsp3) is 0.571. The molecule has 1 fully saturated rings. The van der Waals surface area contributed by atoms with E-state index >= 15 is 0 Å². The number of fused-ring (bicyclic) bond motifs is 1. The van der Waals surface area contributed by atoms with Crippen molar-refractivity contribution >= 4 is 0 Å². The van der Waals surface area contributed by atoms with Gasteiger partial charge in [-0.15, -0.1) is 0 Å². The van der Waals surface area contributed by atoms with Crippen LogP contribution in [0.1, 0.15) is 42.7 Å². The molecule has 1 aliphatic carbocycles. The van der Waals surface area contributed by atoms with E-state index in [0.29, 0.717) is 0 Å². The normalized spacial score (nSPS) is 25.7. The fourth-order valence-electron chi connectivity index (χ4n) is 2.93. The third-order valence-electron chi connectivity index (χ3n) is 4.04. The molecule has 0 spiro atoms. The van der Waals surface area contributed by atoms with Gasteiger partial charge in [-0.3, -0.25) is 0 Å². The lowest BCUT2D eigenvalue weighted by Crippen LogP contribution is -2.30. The van der Waals surface area contributed by atoms with Crippen molar-refractivity contribution in [2.45, 2.75) is 38.1 Å². The van der Waals surface area contributed by atoms with Crippen LogP contribution in [0.15, 0.2) is 24.3 Å². The minimum Gasteiger partial charge on any atom is -0.312 e. The second kappa shape index (κ2) is 3.97. The molecule has 1 heterocycles. The van der Waals surface area contributed by atoms with Gasteiger partial charge in [0.1, 0.15) is 0 Å². The Kier molecular flexibility index (Phi) is 2.49. The van der Waals surface area contributed by atoms with Gasteiger partial charge in [-0.2, -0.15) is 0 Å². The van der Waals surface area contributed by atoms with Crippen LogP contribution in [-0.4, -0.2) is 6.54 Å². The van der Waals surface area contributed by atoms with Gasteiger partial charge in [0, 0.05) is 13.1 Å². The van der Waals surface area contributed by atoms with Crippen molar-refractivity contribution in [1.29, 1.82) is 0 Å². The molecule has 80 valence electrons. The van der Waals surface area contributed by atoms with E-state index in [1.54, 1.807) is 5.56 Å². The minimum atomic E-state index is 0.778. The summed E-state index contributed by atoms with van der Waals surface area (Å²) in [5, 5.41) is 3.54. The van der Waals surface area contributed by atoms with Gasteiger partial charge in [0.25, 0.3) is 0 Å². The van der Waals surface area contributed by atoms with Crippen LogP contribution in [0.25, 0.3) is 0 Å². The first kappa shape index (κ1) is 9.41. The number of hydrogen-bond donors (Lipinski definition) is 1. The SMILES string of the molecule is c1ccc2c(c1)CNCC2CC1CCC1. The Morgan fingerprint density at radius 3 is 2.87 bits per heavy atom. The molecule has 3 rings (SSSR count). The van der Waals surface area contributed by atoms with E-state index in [-0.39, 0.29) is 0 Å². The molecule has 15 heavy (non-hydrogen) atoms. The maximum atomic E-state index is 3.54. The molecule has 1 N–H and O–H groups in total. The van der Waals surface area contributed by atoms with Crippen molar-refractivity contribution in [3.05, 3.63) is 35.4 Å². The zero-order chi connectivity index (χ0) is 10.1. The van der Waals surface area contributed by atoms with Crippen LogP contribution in [0.4, 0.5) is 0 Å². The standard InChI is InChI=1S/C14H19N/c1-2-7-14-12(6-1)9-15-10-13(14)8-11-4-3-5-11/h1-2,6-7,11,13,15H,3-5,8-10H2. The van der Waals surface area contributed by atoms with Crippen molar-refractivity contribution < 1.29 is 0 Å². The smallest absolute Gasteiger partial charge is 0.0208 e. The molecule has 1 aromatic carbocycles. The molecule has 0 bridgehead atoms. The molecule has 1 aromatic rings. The van der Waals surface area contributed by atoms with Crippen molar-refractivity contribution in [3.8, 4) is 0 Å². The molecule has 1 saturated carbocycles. The highest BCUT2D eigenvalue weighted by Gasteiger charge is 2.25. The molecule has 0 saturated heterocycles.